The molecular formula is C14H12Cl2N4. The highest BCUT2D eigenvalue weighted by Crippen LogP contribution is 2.30. The van der Waals surface area contributed by atoms with Crippen molar-refractivity contribution in [3.8, 4) is 0 Å². The van der Waals surface area contributed by atoms with E-state index >= 15 is 0 Å². The molecule has 0 fully saturated rings. The first-order chi connectivity index (χ1) is 9.54. The molecule has 0 aliphatic carbocycles. The maximum absolute atomic E-state index is 6.01. The highest BCUT2D eigenvalue weighted by Gasteiger charge is 2.11. The van der Waals surface area contributed by atoms with Gasteiger partial charge in [0.15, 0.2) is 0 Å². The van der Waals surface area contributed by atoms with Crippen molar-refractivity contribution in [2.75, 3.05) is 5.32 Å². The summed E-state index contributed by atoms with van der Waals surface area (Å²) in [5, 5.41) is 5.37. The monoisotopic (exact) mass is 306 g/mol. The molecule has 1 aromatic carbocycles. The zero-order valence-corrected chi connectivity index (χ0v) is 12.5. The molecule has 0 atom stereocenters. The first-order valence-electron chi connectivity index (χ1n) is 6.07. The highest BCUT2D eigenvalue weighted by atomic mass is 35.5. The first-order valence-corrected chi connectivity index (χ1v) is 6.83. The van der Waals surface area contributed by atoms with Gasteiger partial charge in [-0.2, -0.15) is 0 Å². The van der Waals surface area contributed by atoms with Gasteiger partial charge in [-0.05, 0) is 37.6 Å². The Balaban J connectivity index is 2.10. The molecule has 0 radical (unpaired) electrons. The van der Waals surface area contributed by atoms with E-state index < -0.39 is 0 Å². The van der Waals surface area contributed by atoms with Crippen molar-refractivity contribution in [2.45, 2.75) is 13.8 Å². The number of fused-ring (bicyclic) bond motifs is 1. The van der Waals surface area contributed by atoms with Crippen LogP contribution >= 0.6 is 23.2 Å². The number of aromatic nitrogens is 3. The molecule has 0 spiro atoms. The fourth-order valence-electron chi connectivity index (χ4n) is 2.15. The summed E-state index contributed by atoms with van der Waals surface area (Å²) in [6, 6.07) is 5.29. The number of halogens is 2. The van der Waals surface area contributed by atoms with Crippen LogP contribution in [0.3, 0.4) is 0 Å². The number of hydrogen-bond acceptors (Lipinski definition) is 3. The Bertz CT molecular complexity index is 775. The third-order valence-electron chi connectivity index (χ3n) is 3.22. The van der Waals surface area contributed by atoms with Crippen LogP contribution in [-0.4, -0.2) is 15.0 Å². The van der Waals surface area contributed by atoms with Crippen LogP contribution < -0.4 is 5.32 Å². The maximum Gasteiger partial charge on any atom is 0.143 e. The fourth-order valence-corrected chi connectivity index (χ4v) is 2.68. The number of aryl methyl sites for hydroxylation is 2. The van der Waals surface area contributed by atoms with E-state index in [-0.39, 0.29) is 0 Å². The number of benzene rings is 1. The predicted molar refractivity (Wildman–Crippen MR) is 83.1 cm³/mol. The topological polar surface area (TPSA) is 53.6 Å². The molecule has 4 nitrogen and oxygen atoms in total. The van der Waals surface area contributed by atoms with Crippen LogP contribution in [0.25, 0.3) is 11.0 Å². The van der Waals surface area contributed by atoms with E-state index in [0.29, 0.717) is 10.0 Å². The van der Waals surface area contributed by atoms with E-state index in [4.69, 9.17) is 23.2 Å². The zero-order chi connectivity index (χ0) is 14.3. The number of H-pyrrole nitrogens is 1. The predicted octanol–water partition coefficient (Wildman–Crippen LogP) is 4.63. The molecule has 2 N–H and O–H groups in total. The summed E-state index contributed by atoms with van der Waals surface area (Å²) in [5.74, 6) is 0.732. The Morgan fingerprint density at radius 3 is 2.45 bits per heavy atom. The molecule has 0 saturated carbocycles. The van der Waals surface area contributed by atoms with Gasteiger partial charge in [0.05, 0.1) is 5.39 Å². The lowest BCUT2D eigenvalue weighted by molar-refractivity contribution is 1.18. The minimum Gasteiger partial charge on any atom is -0.343 e. The van der Waals surface area contributed by atoms with Gasteiger partial charge < -0.3 is 10.3 Å². The molecule has 102 valence electrons. The second-order valence-corrected chi connectivity index (χ2v) is 5.48. The molecular weight excluding hydrogens is 295 g/mol. The van der Waals surface area contributed by atoms with Crippen LogP contribution in [0.15, 0.2) is 24.5 Å². The Hall–Kier alpha value is -1.78. The van der Waals surface area contributed by atoms with Crippen molar-refractivity contribution in [2.24, 2.45) is 0 Å². The summed E-state index contributed by atoms with van der Waals surface area (Å²) in [6.45, 7) is 4.05. The second kappa shape index (κ2) is 4.96. The summed E-state index contributed by atoms with van der Waals surface area (Å²) in [4.78, 5) is 11.8. The highest BCUT2D eigenvalue weighted by molar-refractivity contribution is 6.35. The standard InChI is InChI=1S/C14H12Cl2N4/c1-7-8(2)19-13-12(7)14(18-6-17-13)20-11-4-9(15)3-10(16)5-11/h3-6H,1-2H3,(H2,17,18,19,20). The molecule has 0 aliphatic rings. The Morgan fingerprint density at radius 2 is 1.75 bits per heavy atom. The van der Waals surface area contributed by atoms with Crippen molar-refractivity contribution in [3.05, 3.63) is 45.8 Å². The van der Waals surface area contributed by atoms with Crippen LogP contribution in [0.5, 0.6) is 0 Å². The van der Waals surface area contributed by atoms with Crippen LogP contribution in [0.2, 0.25) is 10.0 Å². The van der Waals surface area contributed by atoms with Gasteiger partial charge in [0.2, 0.25) is 0 Å². The van der Waals surface area contributed by atoms with Crippen LogP contribution in [0.1, 0.15) is 11.3 Å². The molecule has 0 amide bonds. The van der Waals surface area contributed by atoms with Gasteiger partial charge >= 0.3 is 0 Å². The molecule has 3 aromatic rings. The molecule has 2 aromatic heterocycles. The molecule has 0 aliphatic heterocycles. The van der Waals surface area contributed by atoms with Gasteiger partial charge in [0.25, 0.3) is 0 Å². The fraction of sp³-hybridized carbons (Fsp3) is 0.143. The lowest BCUT2D eigenvalue weighted by Crippen LogP contribution is -1.95. The van der Waals surface area contributed by atoms with Crippen molar-refractivity contribution in [1.82, 2.24) is 15.0 Å². The summed E-state index contributed by atoms with van der Waals surface area (Å²) in [6.07, 6.45) is 1.52. The van der Waals surface area contributed by atoms with Gasteiger partial charge in [-0.3, -0.25) is 0 Å². The number of aromatic amines is 1. The van der Waals surface area contributed by atoms with E-state index in [1.54, 1.807) is 18.2 Å². The van der Waals surface area contributed by atoms with Gasteiger partial charge in [-0.1, -0.05) is 23.2 Å². The third kappa shape index (κ3) is 2.32. The minimum absolute atomic E-state index is 0.576. The third-order valence-corrected chi connectivity index (χ3v) is 3.65. The molecule has 3 rings (SSSR count). The number of rotatable bonds is 2. The van der Waals surface area contributed by atoms with Gasteiger partial charge in [0, 0.05) is 21.4 Å². The minimum atomic E-state index is 0.576. The lowest BCUT2D eigenvalue weighted by atomic mass is 10.2. The Morgan fingerprint density at radius 1 is 1.05 bits per heavy atom. The largest absolute Gasteiger partial charge is 0.343 e. The summed E-state index contributed by atoms with van der Waals surface area (Å²) in [7, 11) is 0. The molecule has 0 bridgehead atoms. The summed E-state index contributed by atoms with van der Waals surface area (Å²) < 4.78 is 0. The van der Waals surface area contributed by atoms with Crippen LogP contribution in [-0.2, 0) is 0 Å². The van der Waals surface area contributed by atoms with Gasteiger partial charge in [-0.25, -0.2) is 9.97 Å². The summed E-state index contributed by atoms with van der Waals surface area (Å²) >= 11 is 12.0. The SMILES string of the molecule is Cc1[nH]c2ncnc(Nc3cc(Cl)cc(Cl)c3)c2c1C. The molecule has 20 heavy (non-hydrogen) atoms. The zero-order valence-electron chi connectivity index (χ0n) is 11.0. The maximum atomic E-state index is 6.01. The smallest absolute Gasteiger partial charge is 0.143 e. The van der Waals surface area contributed by atoms with E-state index in [2.05, 4.69) is 20.3 Å². The second-order valence-electron chi connectivity index (χ2n) is 4.60. The number of nitrogens with zero attached hydrogens (tertiary/aromatic N) is 2. The number of hydrogen-bond donors (Lipinski definition) is 2. The molecule has 0 unspecified atom stereocenters. The van der Waals surface area contributed by atoms with Crippen LogP contribution in [0.4, 0.5) is 11.5 Å². The Labute approximate surface area is 126 Å². The molecule has 0 saturated heterocycles. The number of nitrogens with one attached hydrogen (secondary N) is 2. The summed E-state index contributed by atoms with van der Waals surface area (Å²) in [5.41, 5.74) is 3.80. The van der Waals surface area contributed by atoms with Crippen molar-refractivity contribution < 1.29 is 0 Å². The quantitative estimate of drug-likeness (QED) is 0.726. The number of anilines is 2. The van der Waals surface area contributed by atoms with Crippen molar-refractivity contribution in [1.29, 1.82) is 0 Å². The average molecular weight is 307 g/mol. The van der Waals surface area contributed by atoms with E-state index in [0.717, 1.165) is 33.8 Å². The van der Waals surface area contributed by atoms with Gasteiger partial charge in [-0.15, -0.1) is 0 Å². The van der Waals surface area contributed by atoms with E-state index in [1.807, 2.05) is 13.8 Å². The van der Waals surface area contributed by atoms with Crippen molar-refractivity contribution >= 4 is 45.7 Å². The first kappa shape index (κ1) is 13.2. The van der Waals surface area contributed by atoms with Gasteiger partial charge in [0.1, 0.15) is 17.8 Å². The van der Waals surface area contributed by atoms with Crippen molar-refractivity contribution in [3.63, 3.8) is 0 Å². The molecule has 6 heteroatoms. The normalized spacial score (nSPS) is 11.0. The average Bonchev–Trinajstić information content (AvgIpc) is 2.65. The van der Waals surface area contributed by atoms with E-state index in [1.165, 1.54) is 6.33 Å². The van der Waals surface area contributed by atoms with E-state index in [9.17, 15) is 0 Å². The lowest BCUT2D eigenvalue weighted by Gasteiger charge is -2.08. The Kier molecular flexibility index (Phi) is 3.28. The molecule has 2 heterocycles. The van der Waals surface area contributed by atoms with Crippen LogP contribution in [0, 0.1) is 13.8 Å².